The molecule has 0 fully saturated rings. The van der Waals surface area contributed by atoms with Gasteiger partial charge in [0.25, 0.3) is 0 Å². The lowest BCUT2D eigenvalue weighted by Crippen LogP contribution is -2.18. The number of hydrogen-bond acceptors (Lipinski definition) is 4. The summed E-state index contributed by atoms with van der Waals surface area (Å²) in [6, 6.07) is 4.91. The molecule has 1 unspecified atom stereocenters. The lowest BCUT2D eigenvalue weighted by Gasteiger charge is -2.06. The molecule has 1 aromatic heterocycles. The second-order valence-corrected chi connectivity index (χ2v) is 4.16. The van der Waals surface area contributed by atoms with Gasteiger partial charge >= 0.3 is 11.9 Å². The van der Waals surface area contributed by atoms with E-state index in [1.807, 2.05) is 13.0 Å². The second-order valence-electron chi connectivity index (χ2n) is 4.16. The van der Waals surface area contributed by atoms with Crippen LogP contribution in [0.5, 0.6) is 0 Å². The van der Waals surface area contributed by atoms with E-state index >= 15 is 0 Å². The van der Waals surface area contributed by atoms with Gasteiger partial charge in [0.1, 0.15) is 11.4 Å². The van der Waals surface area contributed by atoms with Gasteiger partial charge in [0.15, 0.2) is 0 Å². The molecule has 1 aromatic carbocycles. The molecule has 0 saturated carbocycles. The summed E-state index contributed by atoms with van der Waals surface area (Å²) < 4.78 is 18.7. The molecular formula is C13H14FNO5. The van der Waals surface area contributed by atoms with Crippen LogP contribution in [-0.2, 0) is 16.0 Å². The molecule has 0 spiro atoms. The average molecular weight is 283 g/mol. The summed E-state index contributed by atoms with van der Waals surface area (Å²) in [6.45, 7) is 1.85. The van der Waals surface area contributed by atoms with Gasteiger partial charge in [-0.05, 0) is 31.5 Å². The minimum absolute atomic E-state index is 0.0693. The van der Waals surface area contributed by atoms with Crippen LogP contribution in [-0.4, -0.2) is 28.2 Å². The number of hydrogen-bond donors (Lipinski definition) is 3. The summed E-state index contributed by atoms with van der Waals surface area (Å²) in [5.74, 6) is -3.89. The van der Waals surface area contributed by atoms with Gasteiger partial charge in [-0.2, -0.15) is 0 Å². The minimum atomic E-state index is -1.82. The van der Waals surface area contributed by atoms with E-state index in [-0.39, 0.29) is 11.9 Å². The maximum Gasteiger partial charge on any atom is 0.414 e. The van der Waals surface area contributed by atoms with Crippen molar-refractivity contribution in [2.45, 2.75) is 19.4 Å². The van der Waals surface area contributed by atoms with Crippen molar-refractivity contribution in [1.29, 1.82) is 0 Å². The van der Waals surface area contributed by atoms with E-state index in [1.54, 1.807) is 12.3 Å². The normalized spacial score (nSPS) is 11.6. The molecule has 0 bridgehead atoms. The molecule has 4 N–H and O–H groups in total. The van der Waals surface area contributed by atoms with Gasteiger partial charge in [-0.25, -0.2) is 14.0 Å². The summed E-state index contributed by atoms with van der Waals surface area (Å²) in [6.07, 6.45) is 2.06. The fourth-order valence-corrected chi connectivity index (χ4v) is 1.58. The van der Waals surface area contributed by atoms with Gasteiger partial charge in [0.05, 0.1) is 6.26 Å². The fraction of sp³-hybridized carbons (Fsp3) is 0.231. The Bertz CT molecular complexity index is 608. The van der Waals surface area contributed by atoms with Crippen molar-refractivity contribution in [2.75, 3.05) is 0 Å². The van der Waals surface area contributed by atoms with Gasteiger partial charge < -0.3 is 20.4 Å². The first-order chi connectivity index (χ1) is 9.32. The Balaban J connectivity index is 0.000000286. The smallest absolute Gasteiger partial charge is 0.414 e. The van der Waals surface area contributed by atoms with Crippen LogP contribution in [0.1, 0.15) is 12.5 Å². The maximum absolute atomic E-state index is 13.4. The lowest BCUT2D eigenvalue weighted by atomic mass is 10.0. The molecule has 1 heterocycles. The minimum Gasteiger partial charge on any atom is -0.473 e. The molecule has 0 aliphatic heterocycles. The van der Waals surface area contributed by atoms with Gasteiger partial charge in [-0.3, -0.25) is 0 Å². The number of aliphatic carboxylic acids is 2. The molecule has 2 aromatic rings. The largest absolute Gasteiger partial charge is 0.473 e. The molecule has 108 valence electrons. The Morgan fingerprint density at radius 3 is 2.40 bits per heavy atom. The summed E-state index contributed by atoms with van der Waals surface area (Å²) in [5, 5.41) is 15.7. The highest BCUT2D eigenvalue weighted by atomic mass is 19.1. The number of halogens is 1. The Hall–Kier alpha value is -2.41. The monoisotopic (exact) mass is 283 g/mol. The predicted molar refractivity (Wildman–Crippen MR) is 68.8 cm³/mol. The van der Waals surface area contributed by atoms with E-state index < -0.39 is 11.9 Å². The third-order valence-electron chi connectivity index (χ3n) is 2.38. The summed E-state index contributed by atoms with van der Waals surface area (Å²) >= 11 is 0. The molecule has 7 heteroatoms. The van der Waals surface area contributed by atoms with E-state index in [2.05, 4.69) is 0 Å². The highest BCUT2D eigenvalue weighted by molar-refractivity contribution is 6.27. The van der Waals surface area contributed by atoms with Crippen molar-refractivity contribution in [3.05, 3.63) is 35.8 Å². The van der Waals surface area contributed by atoms with Crippen LogP contribution >= 0.6 is 0 Å². The van der Waals surface area contributed by atoms with Crippen molar-refractivity contribution in [1.82, 2.24) is 0 Å². The quantitative estimate of drug-likeness (QED) is 0.721. The van der Waals surface area contributed by atoms with Crippen LogP contribution in [0.25, 0.3) is 11.0 Å². The zero-order chi connectivity index (χ0) is 15.3. The van der Waals surface area contributed by atoms with Gasteiger partial charge in [-0.15, -0.1) is 0 Å². The summed E-state index contributed by atoms with van der Waals surface area (Å²) in [4.78, 5) is 18.2. The van der Waals surface area contributed by atoms with Crippen molar-refractivity contribution in [3.8, 4) is 0 Å². The SMILES string of the molecule is CC(N)Cc1c(F)ccc2ccoc12.O=C(O)C(=O)O. The molecule has 0 radical (unpaired) electrons. The van der Waals surface area contributed by atoms with Crippen LogP contribution in [0, 0.1) is 5.82 Å². The Morgan fingerprint density at radius 1 is 1.30 bits per heavy atom. The number of carboxylic acid groups (broad SMARTS) is 2. The molecule has 1 atom stereocenters. The topological polar surface area (TPSA) is 114 Å². The lowest BCUT2D eigenvalue weighted by molar-refractivity contribution is -0.159. The molecule has 0 aliphatic rings. The van der Waals surface area contributed by atoms with E-state index in [9.17, 15) is 4.39 Å². The maximum atomic E-state index is 13.4. The molecule has 0 aliphatic carbocycles. The number of nitrogens with two attached hydrogens (primary N) is 1. The van der Waals surface area contributed by atoms with Gasteiger partial charge in [-0.1, -0.05) is 0 Å². The van der Waals surface area contributed by atoms with E-state index in [1.165, 1.54) is 6.07 Å². The summed E-state index contributed by atoms with van der Waals surface area (Å²) in [7, 11) is 0. The van der Waals surface area contributed by atoms with Gasteiger partial charge in [0, 0.05) is 17.0 Å². The number of rotatable bonds is 2. The van der Waals surface area contributed by atoms with Crippen LogP contribution in [0.4, 0.5) is 4.39 Å². The first-order valence-corrected chi connectivity index (χ1v) is 5.69. The Labute approximate surface area is 113 Å². The first kappa shape index (κ1) is 15.6. The number of furan rings is 1. The average Bonchev–Trinajstić information content (AvgIpc) is 2.81. The van der Waals surface area contributed by atoms with Crippen molar-refractivity contribution in [3.63, 3.8) is 0 Å². The second kappa shape index (κ2) is 6.67. The zero-order valence-corrected chi connectivity index (χ0v) is 10.7. The molecule has 2 rings (SSSR count). The number of carboxylic acids is 2. The molecule has 0 amide bonds. The Kier molecular flexibility index (Phi) is 5.22. The van der Waals surface area contributed by atoms with Crippen molar-refractivity contribution < 1.29 is 28.6 Å². The standard InChI is InChI=1S/C11H12FNO.C2H2O4/c1-7(13)6-9-10(12)3-2-8-4-5-14-11(8)9;3-1(4)2(5)6/h2-5,7H,6,13H2,1H3;(H,3,4)(H,5,6). The number of carbonyl (C=O) groups is 2. The first-order valence-electron chi connectivity index (χ1n) is 5.69. The summed E-state index contributed by atoms with van der Waals surface area (Å²) in [5.41, 5.74) is 6.83. The van der Waals surface area contributed by atoms with Crippen LogP contribution in [0.15, 0.2) is 28.9 Å². The molecule has 6 nitrogen and oxygen atoms in total. The van der Waals surface area contributed by atoms with E-state index in [0.717, 1.165) is 5.39 Å². The number of fused-ring (bicyclic) bond motifs is 1. The van der Waals surface area contributed by atoms with Gasteiger partial charge in [0.2, 0.25) is 0 Å². The van der Waals surface area contributed by atoms with Crippen LogP contribution < -0.4 is 5.73 Å². The van der Waals surface area contributed by atoms with E-state index in [0.29, 0.717) is 17.6 Å². The van der Waals surface area contributed by atoms with Crippen molar-refractivity contribution >= 4 is 22.9 Å². The zero-order valence-electron chi connectivity index (χ0n) is 10.7. The molecular weight excluding hydrogens is 269 g/mol. The highest BCUT2D eigenvalue weighted by Crippen LogP contribution is 2.23. The van der Waals surface area contributed by atoms with Crippen LogP contribution in [0.3, 0.4) is 0 Å². The highest BCUT2D eigenvalue weighted by Gasteiger charge is 2.11. The van der Waals surface area contributed by atoms with Crippen molar-refractivity contribution in [2.24, 2.45) is 5.73 Å². The van der Waals surface area contributed by atoms with Crippen LogP contribution in [0.2, 0.25) is 0 Å². The fourth-order valence-electron chi connectivity index (χ4n) is 1.58. The third-order valence-corrected chi connectivity index (χ3v) is 2.38. The molecule has 20 heavy (non-hydrogen) atoms. The Morgan fingerprint density at radius 2 is 1.90 bits per heavy atom. The third kappa shape index (κ3) is 4.06. The predicted octanol–water partition coefficient (Wildman–Crippen LogP) is 1.62. The number of benzene rings is 1. The molecule has 0 saturated heterocycles. The van der Waals surface area contributed by atoms with E-state index in [4.69, 9.17) is 30.0 Å².